The molecule has 0 heterocycles. The zero-order valence-corrected chi connectivity index (χ0v) is 25.6. The molecule has 3 atom stereocenters. The summed E-state index contributed by atoms with van der Waals surface area (Å²) in [6.45, 7) is 19.7. The summed E-state index contributed by atoms with van der Waals surface area (Å²) in [5.41, 5.74) is 2.06. The number of carbonyl (C=O) groups excluding carboxylic acids is 3. The van der Waals surface area contributed by atoms with Crippen LogP contribution in [0.4, 0.5) is 4.79 Å². The Morgan fingerprint density at radius 1 is 0.921 bits per heavy atom. The van der Waals surface area contributed by atoms with Crippen LogP contribution in [-0.2, 0) is 14.3 Å². The van der Waals surface area contributed by atoms with E-state index in [0.717, 1.165) is 48.8 Å². The second-order valence-electron chi connectivity index (χ2n) is 11.8. The zero-order valence-electron chi connectivity index (χ0n) is 25.6. The van der Waals surface area contributed by atoms with Gasteiger partial charge in [-0.2, -0.15) is 0 Å². The molecule has 0 fully saturated rings. The largest absolute Gasteiger partial charge is 0.444 e. The average Bonchev–Trinajstić information content (AvgIpc) is 2.80. The van der Waals surface area contributed by atoms with E-state index in [2.05, 4.69) is 17.6 Å². The third-order valence-electron chi connectivity index (χ3n) is 6.74. The van der Waals surface area contributed by atoms with Crippen molar-refractivity contribution >= 4 is 17.9 Å². The molecule has 7 nitrogen and oxygen atoms in total. The number of unbranched alkanes of at least 4 members (excludes halogenated alkanes) is 4. The molecule has 0 aromatic heterocycles. The average molecular weight is 532 g/mol. The lowest BCUT2D eigenvalue weighted by molar-refractivity contribution is -0.143. The number of benzene rings is 1. The third-order valence-corrected chi connectivity index (χ3v) is 6.74. The van der Waals surface area contributed by atoms with Gasteiger partial charge in [0, 0.05) is 12.6 Å². The molecule has 216 valence electrons. The molecule has 0 aliphatic heterocycles. The number of nitrogens with one attached hydrogen (secondary N) is 2. The fraction of sp³-hybridized carbons (Fsp3) is 0.710. The van der Waals surface area contributed by atoms with E-state index in [1.807, 2.05) is 59.7 Å². The SMILES string of the molecule is CCCCCCCN(C(=O)C(NC(=O)OC(C)(C)C)C(C)CC)C(C(=O)NC(C)C)c1c(C)cccc1C. The highest BCUT2D eigenvalue weighted by Gasteiger charge is 2.39. The molecule has 38 heavy (non-hydrogen) atoms. The molecular weight excluding hydrogens is 478 g/mol. The Kier molecular flexibility index (Phi) is 13.9. The minimum Gasteiger partial charge on any atom is -0.444 e. The first kappa shape index (κ1) is 33.5. The van der Waals surface area contributed by atoms with Gasteiger partial charge >= 0.3 is 6.09 Å². The number of rotatable bonds is 14. The molecule has 0 bridgehead atoms. The van der Waals surface area contributed by atoms with E-state index in [-0.39, 0.29) is 23.8 Å². The van der Waals surface area contributed by atoms with Crippen LogP contribution in [0, 0.1) is 19.8 Å². The third kappa shape index (κ3) is 10.7. The van der Waals surface area contributed by atoms with E-state index in [0.29, 0.717) is 13.0 Å². The summed E-state index contributed by atoms with van der Waals surface area (Å²) >= 11 is 0. The summed E-state index contributed by atoms with van der Waals surface area (Å²) < 4.78 is 5.50. The van der Waals surface area contributed by atoms with Crippen molar-refractivity contribution in [1.82, 2.24) is 15.5 Å². The number of ether oxygens (including phenoxy) is 1. The van der Waals surface area contributed by atoms with Crippen LogP contribution in [0.5, 0.6) is 0 Å². The summed E-state index contributed by atoms with van der Waals surface area (Å²) in [5.74, 6) is -0.615. The fourth-order valence-corrected chi connectivity index (χ4v) is 4.60. The Bertz CT molecular complexity index is 887. The summed E-state index contributed by atoms with van der Waals surface area (Å²) in [5, 5.41) is 5.90. The molecule has 1 rings (SSSR count). The van der Waals surface area contributed by atoms with Crippen LogP contribution in [0.2, 0.25) is 0 Å². The molecule has 2 N–H and O–H groups in total. The maximum Gasteiger partial charge on any atom is 0.408 e. The lowest BCUT2D eigenvalue weighted by Crippen LogP contribution is -2.56. The highest BCUT2D eigenvalue weighted by molar-refractivity contribution is 5.92. The lowest BCUT2D eigenvalue weighted by atomic mass is 9.91. The van der Waals surface area contributed by atoms with Crippen molar-refractivity contribution in [2.45, 2.75) is 131 Å². The van der Waals surface area contributed by atoms with Crippen molar-refractivity contribution in [1.29, 1.82) is 0 Å². The second-order valence-corrected chi connectivity index (χ2v) is 11.8. The monoisotopic (exact) mass is 531 g/mol. The minimum atomic E-state index is -0.816. The fourth-order valence-electron chi connectivity index (χ4n) is 4.60. The smallest absolute Gasteiger partial charge is 0.408 e. The molecule has 0 saturated heterocycles. The normalized spacial score (nSPS) is 14.0. The van der Waals surface area contributed by atoms with Crippen LogP contribution in [-0.4, -0.2) is 47.0 Å². The number of hydrogen-bond acceptors (Lipinski definition) is 4. The van der Waals surface area contributed by atoms with E-state index in [4.69, 9.17) is 4.74 Å². The van der Waals surface area contributed by atoms with E-state index < -0.39 is 23.8 Å². The first-order valence-electron chi connectivity index (χ1n) is 14.4. The van der Waals surface area contributed by atoms with Gasteiger partial charge in [0.2, 0.25) is 11.8 Å². The van der Waals surface area contributed by atoms with Gasteiger partial charge in [-0.25, -0.2) is 4.79 Å². The lowest BCUT2D eigenvalue weighted by Gasteiger charge is -2.37. The van der Waals surface area contributed by atoms with Crippen LogP contribution in [0.25, 0.3) is 0 Å². The van der Waals surface area contributed by atoms with E-state index in [1.54, 1.807) is 25.7 Å². The molecule has 1 aromatic carbocycles. The number of nitrogens with zero attached hydrogens (tertiary/aromatic N) is 1. The van der Waals surface area contributed by atoms with Crippen molar-refractivity contribution in [3.63, 3.8) is 0 Å². The summed E-state index contributed by atoms with van der Waals surface area (Å²) in [4.78, 5) is 42.7. The number of hydrogen-bond donors (Lipinski definition) is 2. The predicted molar refractivity (Wildman–Crippen MR) is 155 cm³/mol. The Hall–Kier alpha value is -2.57. The van der Waals surface area contributed by atoms with E-state index in [9.17, 15) is 14.4 Å². The predicted octanol–water partition coefficient (Wildman–Crippen LogP) is 6.61. The standard InChI is InChI=1S/C31H53N3O4/c1-11-13-14-15-16-20-34(29(36)26(22(5)12-2)33-30(37)38-31(8,9)10)27(28(35)32-21(3)4)25-23(6)18-17-19-24(25)7/h17-19,21-22,26-27H,11-16,20H2,1-10H3,(H,32,35)(H,33,37). The molecule has 0 spiro atoms. The van der Waals surface area contributed by atoms with E-state index in [1.165, 1.54) is 0 Å². The molecule has 7 heteroatoms. The quantitative estimate of drug-likeness (QED) is 0.265. The number of aryl methyl sites for hydroxylation is 2. The van der Waals surface area contributed by atoms with Crippen molar-refractivity contribution < 1.29 is 19.1 Å². The van der Waals surface area contributed by atoms with Gasteiger partial charge in [0.1, 0.15) is 17.7 Å². The van der Waals surface area contributed by atoms with E-state index >= 15 is 0 Å². The molecular formula is C31H53N3O4. The van der Waals surface area contributed by atoms with Crippen LogP contribution >= 0.6 is 0 Å². The van der Waals surface area contributed by atoms with Gasteiger partial charge in [-0.15, -0.1) is 0 Å². The van der Waals surface area contributed by atoms with Gasteiger partial charge in [-0.1, -0.05) is 71.1 Å². The molecule has 0 saturated carbocycles. The van der Waals surface area contributed by atoms with Gasteiger partial charge < -0.3 is 20.3 Å². The van der Waals surface area contributed by atoms with Gasteiger partial charge in [0.05, 0.1) is 0 Å². The Morgan fingerprint density at radius 3 is 2.00 bits per heavy atom. The topological polar surface area (TPSA) is 87.7 Å². The molecule has 3 amide bonds. The van der Waals surface area contributed by atoms with Crippen LogP contribution < -0.4 is 10.6 Å². The summed E-state index contributed by atoms with van der Waals surface area (Å²) in [7, 11) is 0. The van der Waals surface area contributed by atoms with Crippen molar-refractivity contribution in [3.8, 4) is 0 Å². The highest BCUT2D eigenvalue weighted by Crippen LogP contribution is 2.30. The summed E-state index contributed by atoms with van der Waals surface area (Å²) in [6.07, 6.45) is 5.14. The molecule has 3 unspecified atom stereocenters. The first-order chi connectivity index (χ1) is 17.7. The van der Waals surface area contributed by atoms with Crippen molar-refractivity contribution in [2.75, 3.05) is 6.54 Å². The minimum absolute atomic E-state index is 0.0823. The van der Waals surface area contributed by atoms with Crippen molar-refractivity contribution in [3.05, 3.63) is 34.9 Å². The van der Waals surface area contributed by atoms with Gasteiger partial charge in [0.25, 0.3) is 0 Å². The second kappa shape index (κ2) is 15.7. The molecule has 0 aliphatic carbocycles. The first-order valence-corrected chi connectivity index (χ1v) is 14.4. The van der Waals surface area contributed by atoms with Gasteiger partial charge in [-0.3, -0.25) is 9.59 Å². The maximum absolute atomic E-state index is 14.4. The molecule has 1 aromatic rings. The van der Waals surface area contributed by atoms with Crippen molar-refractivity contribution in [2.24, 2.45) is 5.92 Å². The van der Waals surface area contributed by atoms with Gasteiger partial charge in [-0.05, 0) is 77.5 Å². The van der Waals surface area contributed by atoms with Crippen LogP contribution in [0.3, 0.4) is 0 Å². The number of carbonyl (C=O) groups is 3. The zero-order chi connectivity index (χ0) is 29.0. The number of alkyl carbamates (subject to hydrolysis) is 1. The highest BCUT2D eigenvalue weighted by atomic mass is 16.6. The molecule has 0 aliphatic rings. The maximum atomic E-state index is 14.4. The molecule has 0 radical (unpaired) electrons. The number of amides is 3. The Balaban J connectivity index is 3.58. The van der Waals surface area contributed by atoms with Gasteiger partial charge in [0.15, 0.2) is 0 Å². The Morgan fingerprint density at radius 2 is 1.50 bits per heavy atom. The summed E-state index contributed by atoms with van der Waals surface area (Å²) in [6, 6.07) is 4.23. The van der Waals surface area contributed by atoms with Crippen LogP contribution in [0.15, 0.2) is 18.2 Å². The van der Waals surface area contributed by atoms with Crippen LogP contribution in [0.1, 0.15) is 117 Å². The Labute approximate surface area is 231 Å².